The molecule has 120 valence electrons. The van der Waals surface area contributed by atoms with E-state index in [0.717, 1.165) is 38.9 Å². The fourth-order valence-electron chi connectivity index (χ4n) is 2.36. The molecular formula is C16H35N3O. The Labute approximate surface area is 125 Å². The summed E-state index contributed by atoms with van der Waals surface area (Å²) >= 11 is 0. The van der Waals surface area contributed by atoms with Gasteiger partial charge in [0, 0.05) is 12.1 Å². The molecular weight excluding hydrogens is 250 g/mol. The number of nitrogens with zero attached hydrogens (tertiary/aromatic N) is 1. The smallest absolute Gasteiger partial charge is 0.234 e. The summed E-state index contributed by atoms with van der Waals surface area (Å²) in [6, 6.07) is 0.685. The summed E-state index contributed by atoms with van der Waals surface area (Å²) in [5, 5.41) is 6.33. The van der Waals surface area contributed by atoms with E-state index in [1.165, 1.54) is 6.42 Å². The van der Waals surface area contributed by atoms with Crippen molar-refractivity contribution in [1.29, 1.82) is 0 Å². The molecule has 0 aromatic heterocycles. The van der Waals surface area contributed by atoms with Crippen molar-refractivity contribution in [3.05, 3.63) is 0 Å². The molecule has 0 saturated carbocycles. The number of hydrogen-bond acceptors (Lipinski definition) is 3. The highest BCUT2D eigenvalue weighted by Gasteiger charge is 2.08. The van der Waals surface area contributed by atoms with Gasteiger partial charge in [-0.05, 0) is 52.7 Å². The first-order chi connectivity index (χ1) is 9.53. The van der Waals surface area contributed by atoms with Crippen LogP contribution in [0.2, 0.25) is 0 Å². The van der Waals surface area contributed by atoms with Crippen LogP contribution in [0.5, 0.6) is 0 Å². The summed E-state index contributed by atoms with van der Waals surface area (Å²) in [5.41, 5.74) is 0. The fraction of sp³-hybridized carbons (Fsp3) is 0.938. The molecule has 0 rings (SSSR count). The van der Waals surface area contributed by atoms with Crippen molar-refractivity contribution in [2.75, 3.05) is 26.2 Å². The molecule has 0 heterocycles. The molecule has 20 heavy (non-hydrogen) atoms. The molecule has 0 fully saturated rings. The van der Waals surface area contributed by atoms with E-state index in [0.29, 0.717) is 12.6 Å². The van der Waals surface area contributed by atoms with E-state index in [-0.39, 0.29) is 11.9 Å². The van der Waals surface area contributed by atoms with E-state index in [9.17, 15) is 4.79 Å². The first-order valence-electron chi connectivity index (χ1n) is 8.28. The molecule has 0 spiro atoms. The number of hydrogen-bond donors (Lipinski definition) is 2. The molecule has 4 heteroatoms. The van der Waals surface area contributed by atoms with Gasteiger partial charge in [-0.15, -0.1) is 0 Å². The maximum Gasteiger partial charge on any atom is 0.234 e. The lowest BCUT2D eigenvalue weighted by Gasteiger charge is -2.20. The van der Waals surface area contributed by atoms with Gasteiger partial charge in [0.1, 0.15) is 0 Å². The predicted molar refractivity (Wildman–Crippen MR) is 87.0 cm³/mol. The molecule has 2 N–H and O–H groups in total. The Morgan fingerprint density at radius 1 is 1.05 bits per heavy atom. The lowest BCUT2D eigenvalue weighted by atomic mass is 10.1. The monoisotopic (exact) mass is 285 g/mol. The van der Waals surface area contributed by atoms with Crippen molar-refractivity contribution in [1.82, 2.24) is 15.5 Å². The number of amides is 1. The second kappa shape index (κ2) is 12.2. The van der Waals surface area contributed by atoms with Crippen molar-refractivity contribution in [3.8, 4) is 0 Å². The van der Waals surface area contributed by atoms with Gasteiger partial charge in [-0.3, -0.25) is 4.79 Å². The molecule has 0 aromatic carbocycles. The lowest BCUT2D eigenvalue weighted by Crippen LogP contribution is -2.41. The van der Waals surface area contributed by atoms with Crippen molar-refractivity contribution < 1.29 is 4.79 Å². The number of carbonyl (C=O) groups is 1. The Balaban J connectivity index is 3.66. The van der Waals surface area contributed by atoms with Gasteiger partial charge in [0.05, 0.1) is 6.54 Å². The summed E-state index contributed by atoms with van der Waals surface area (Å²) in [7, 11) is 0. The number of rotatable bonds is 12. The minimum atomic E-state index is 0.113. The first-order valence-corrected chi connectivity index (χ1v) is 8.28. The largest absolute Gasteiger partial charge is 0.353 e. The van der Waals surface area contributed by atoms with Crippen LogP contribution in [0.1, 0.15) is 60.3 Å². The minimum absolute atomic E-state index is 0.113. The Kier molecular flexibility index (Phi) is 11.8. The van der Waals surface area contributed by atoms with Crippen molar-refractivity contribution >= 4 is 5.91 Å². The van der Waals surface area contributed by atoms with Gasteiger partial charge in [-0.2, -0.15) is 0 Å². The van der Waals surface area contributed by atoms with E-state index >= 15 is 0 Å². The Bertz CT molecular complexity index is 242. The first kappa shape index (κ1) is 19.4. The van der Waals surface area contributed by atoms with Crippen LogP contribution in [0.4, 0.5) is 0 Å². The van der Waals surface area contributed by atoms with Gasteiger partial charge >= 0.3 is 0 Å². The standard InChI is InChI=1S/C16H35N3O/c1-6-10-15(5)18-16(20)13-17-14(4)11-9-12-19(7-2)8-3/h14-15,17H,6-13H2,1-5H3,(H,18,20). The highest BCUT2D eigenvalue weighted by atomic mass is 16.1. The summed E-state index contributed by atoms with van der Waals surface area (Å²) in [4.78, 5) is 14.2. The quantitative estimate of drug-likeness (QED) is 0.579. The molecule has 0 aliphatic carbocycles. The van der Waals surface area contributed by atoms with E-state index in [1.54, 1.807) is 0 Å². The highest BCUT2D eigenvalue weighted by molar-refractivity contribution is 5.78. The summed E-state index contributed by atoms with van der Waals surface area (Å²) in [6.07, 6.45) is 4.46. The van der Waals surface area contributed by atoms with E-state index in [4.69, 9.17) is 0 Å². The van der Waals surface area contributed by atoms with Crippen molar-refractivity contribution in [2.24, 2.45) is 0 Å². The molecule has 0 bridgehead atoms. The van der Waals surface area contributed by atoms with Crippen LogP contribution in [0.25, 0.3) is 0 Å². The minimum Gasteiger partial charge on any atom is -0.353 e. The Morgan fingerprint density at radius 2 is 1.70 bits per heavy atom. The molecule has 0 radical (unpaired) electrons. The molecule has 0 aliphatic rings. The van der Waals surface area contributed by atoms with Crippen LogP contribution >= 0.6 is 0 Å². The van der Waals surface area contributed by atoms with Crippen LogP contribution in [-0.4, -0.2) is 49.1 Å². The number of carbonyl (C=O) groups excluding carboxylic acids is 1. The van der Waals surface area contributed by atoms with Crippen LogP contribution < -0.4 is 10.6 Å². The van der Waals surface area contributed by atoms with Gasteiger partial charge in [-0.1, -0.05) is 27.2 Å². The molecule has 0 aromatic rings. The van der Waals surface area contributed by atoms with E-state index < -0.39 is 0 Å². The predicted octanol–water partition coefficient (Wildman–Crippen LogP) is 2.39. The van der Waals surface area contributed by atoms with Gasteiger partial charge in [0.15, 0.2) is 0 Å². The van der Waals surface area contributed by atoms with Gasteiger partial charge in [-0.25, -0.2) is 0 Å². The SMILES string of the molecule is CCCC(C)NC(=O)CNC(C)CCCN(CC)CC. The second-order valence-electron chi connectivity index (χ2n) is 5.71. The fourth-order valence-corrected chi connectivity index (χ4v) is 2.36. The Hall–Kier alpha value is -0.610. The number of nitrogens with one attached hydrogen (secondary N) is 2. The zero-order valence-corrected chi connectivity index (χ0v) is 14.2. The zero-order valence-electron chi connectivity index (χ0n) is 14.2. The normalized spacial score (nSPS) is 14.3. The van der Waals surface area contributed by atoms with E-state index in [1.807, 2.05) is 0 Å². The third-order valence-electron chi connectivity index (χ3n) is 3.75. The lowest BCUT2D eigenvalue weighted by molar-refractivity contribution is -0.121. The molecule has 1 amide bonds. The molecule has 4 nitrogen and oxygen atoms in total. The van der Waals surface area contributed by atoms with Crippen molar-refractivity contribution in [3.63, 3.8) is 0 Å². The molecule has 0 saturated heterocycles. The average Bonchev–Trinajstić information content (AvgIpc) is 2.41. The van der Waals surface area contributed by atoms with E-state index in [2.05, 4.69) is 50.2 Å². The summed E-state index contributed by atoms with van der Waals surface area (Å²) in [6.45, 7) is 14.6. The Morgan fingerprint density at radius 3 is 2.25 bits per heavy atom. The molecule has 2 unspecified atom stereocenters. The molecule has 2 atom stereocenters. The summed E-state index contributed by atoms with van der Waals surface area (Å²) < 4.78 is 0. The van der Waals surface area contributed by atoms with Gasteiger partial charge in [0.25, 0.3) is 0 Å². The van der Waals surface area contributed by atoms with Crippen LogP contribution in [0, 0.1) is 0 Å². The average molecular weight is 285 g/mol. The maximum atomic E-state index is 11.7. The van der Waals surface area contributed by atoms with Gasteiger partial charge < -0.3 is 15.5 Å². The second-order valence-corrected chi connectivity index (χ2v) is 5.71. The highest BCUT2D eigenvalue weighted by Crippen LogP contribution is 1.99. The van der Waals surface area contributed by atoms with Crippen molar-refractivity contribution in [2.45, 2.75) is 72.4 Å². The maximum absolute atomic E-state index is 11.7. The van der Waals surface area contributed by atoms with Crippen LogP contribution in [0.3, 0.4) is 0 Å². The van der Waals surface area contributed by atoms with Crippen LogP contribution in [-0.2, 0) is 4.79 Å². The third kappa shape index (κ3) is 10.2. The topological polar surface area (TPSA) is 44.4 Å². The van der Waals surface area contributed by atoms with Crippen LogP contribution in [0.15, 0.2) is 0 Å². The third-order valence-corrected chi connectivity index (χ3v) is 3.75. The van der Waals surface area contributed by atoms with Gasteiger partial charge in [0.2, 0.25) is 5.91 Å². The molecule has 0 aliphatic heterocycles. The summed E-state index contributed by atoms with van der Waals surface area (Å²) in [5.74, 6) is 0.113. The zero-order chi connectivity index (χ0) is 15.4.